The van der Waals surface area contributed by atoms with Crippen molar-refractivity contribution in [3.63, 3.8) is 0 Å². The molecule has 2 heterocycles. The maximum atomic E-state index is 13.5. The third-order valence-corrected chi connectivity index (χ3v) is 4.86. The minimum Gasteiger partial charge on any atom is -0.488 e. The Hall–Kier alpha value is -2.94. The summed E-state index contributed by atoms with van der Waals surface area (Å²) in [5, 5.41) is 18.1. The lowest BCUT2D eigenvalue weighted by Crippen LogP contribution is -2.42. The van der Waals surface area contributed by atoms with Crippen LogP contribution in [0.2, 0.25) is 0 Å². The molecule has 1 aromatic heterocycles. The van der Waals surface area contributed by atoms with Crippen LogP contribution in [0.15, 0.2) is 60.9 Å². The van der Waals surface area contributed by atoms with Crippen LogP contribution in [-0.2, 0) is 17.7 Å². The number of nitrogens with zero attached hydrogens (tertiary/aromatic N) is 1. The van der Waals surface area contributed by atoms with E-state index in [2.05, 4.69) is 4.98 Å². The van der Waals surface area contributed by atoms with Crippen LogP contribution in [0.4, 0.5) is 4.39 Å². The Labute approximate surface area is 179 Å². The number of nitrogen functional groups attached to an aromatic ring is 1. The zero-order chi connectivity index (χ0) is 20.4. The average molecular weight is 428 g/mol. The summed E-state index contributed by atoms with van der Waals surface area (Å²) in [5.41, 5.74) is 9.08. The second-order valence-electron chi connectivity index (χ2n) is 6.84. The molecule has 0 spiro atoms. The lowest BCUT2D eigenvalue weighted by molar-refractivity contribution is 0.167. The molecule has 4 N–H and O–H groups in total. The normalized spacial score (nSPS) is 15.1. The van der Waals surface area contributed by atoms with E-state index in [0.717, 1.165) is 16.7 Å². The second kappa shape index (κ2) is 9.25. The first-order chi connectivity index (χ1) is 14.0. The molecule has 30 heavy (non-hydrogen) atoms. The summed E-state index contributed by atoms with van der Waals surface area (Å²) in [4.78, 5) is 4.06. The maximum absolute atomic E-state index is 13.5. The Balaban J connectivity index is 0.00000256. The number of ether oxygens (including phenoxy) is 1. The summed E-state index contributed by atoms with van der Waals surface area (Å²) in [7, 11) is -1.22. The molecule has 0 fully saturated rings. The van der Waals surface area contributed by atoms with Crippen molar-refractivity contribution in [2.24, 2.45) is 5.73 Å². The van der Waals surface area contributed by atoms with Crippen molar-refractivity contribution in [3.8, 4) is 5.75 Å². The van der Waals surface area contributed by atoms with Gasteiger partial charge in [0, 0.05) is 24.4 Å². The highest BCUT2D eigenvalue weighted by Gasteiger charge is 2.32. The summed E-state index contributed by atoms with van der Waals surface area (Å²) < 4.78 is 25.1. The molecular weight excluding hydrogens is 408 g/mol. The SMILES string of the molecule is Cl.N=C(N)c1ccc(C2Cc3ccc(F)cc3B(O)O2)cc1OCc1cccnc1. The Kier molecular flexibility index (Phi) is 6.71. The molecule has 0 saturated carbocycles. The summed E-state index contributed by atoms with van der Waals surface area (Å²) in [6.07, 6.45) is 3.42. The van der Waals surface area contributed by atoms with Gasteiger partial charge in [0.1, 0.15) is 24.0 Å². The van der Waals surface area contributed by atoms with Gasteiger partial charge in [0.2, 0.25) is 0 Å². The molecule has 9 heteroatoms. The Bertz CT molecular complexity index is 1050. The van der Waals surface area contributed by atoms with Gasteiger partial charge in [-0.05, 0) is 46.9 Å². The summed E-state index contributed by atoms with van der Waals surface area (Å²) in [5.74, 6) is -0.0771. The molecule has 1 aliphatic rings. The van der Waals surface area contributed by atoms with Crippen LogP contribution in [0.3, 0.4) is 0 Å². The van der Waals surface area contributed by atoms with Gasteiger partial charge in [0.05, 0.1) is 11.7 Å². The topological polar surface area (TPSA) is 101 Å². The standard InChI is InChI=1S/C21H19BFN3O3.ClH/c23-16-5-3-14-8-19(29-22(27)18(14)10-16)15-4-6-17(21(24)25)20(9-15)28-12-13-2-1-7-26-11-13;/h1-7,9-11,19,27H,8,12H2,(H3,24,25);1H. The molecule has 0 amide bonds. The van der Waals surface area contributed by atoms with Crippen LogP contribution in [-0.4, -0.2) is 23.0 Å². The van der Waals surface area contributed by atoms with Gasteiger partial charge in [-0.3, -0.25) is 10.4 Å². The first-order valence-electron chi connectivity index (χ1n) is 9.13. The van der Waals surface area contributed by atoms with Crippen LogP contribution in [0, 0.1) is 11.2 Å². The van der Waals surface area contributed by atoms with Crippen molar-refractivity contribution in [2.75, 3.05) is 0 Å². The highest BCUT2D eigenvalue weighted by molar-refractivity contribution is 6.60. The number of halogens is 2. The molecule has 1 aliphatic heterocycles. The first-order valence-corrected chi connectivity index (χ1v) is 9.13. The molecule has 154 valence electrons. The van der Waals surface area contributed by atoms with Gasteiger partial charge in [0.25, 0.3) is 0 Å². The molecule has 4 rings (SSSR count). The van der Waals surface area contributed by atoms with Crippen molar-refractivity contribution in [1.29, 1.82) is 5.41 Å². The van der Waals surface area contributed by atoms with Crippen LogP contribution in [0.5, 0.6) is 5.75 Å². The fraction of sp³-hybridized carbons (Fsp3) is 0.143. The number of amidine groups is 1. The predicted molar refractivity (Wildman–Crippen MR) is 115 cm³/mol. The first kappa shape index (κ1) is 21.8. The molecule has 6 nitrogen and oxygen atoms in total. The molecule has 0 radical (unpaired) electrons. The van der Waals surface area contributed by atoms with E-state index in [4.69, 9.17) is 20.5 Å². The van der Waals surface area contributed by atoms with E-state index in [1.807, 2.05) is 12.1 Å². The fourth-order valence-electron chi connectivity index (χ4n) is 3.38. The van der Waals surface area contributed by atoms with E-state index < -0.39 is 19.0 Å². The van der Waals surface area contributed by atoms with Crippen molar-refractivity contribution in [3.05, 3.63) is 89.0 Å². The fourth-order valence-corrected chi connectivity index (χ4v) is 3.38. The number of benzene rings is 2. The number of rotatable bonds is 5. The van der Waals surface area contributed by atoms with Crippen molar-refractivity contribution < 1.29 is 18.8 Å². The third-order valence-electron chi connectivity index (χ3n) is 4.86. The van der Waals surface area contributed by atoms with Gasteiger partial charge < -0.3 is 20.1 Å². The summed E-state index contributed by atoms with van der Waals surface area (Å²) >= 11 is 0. The minimum absolute atomic E-state index is 0. The monoisotopic (exact) mass is 427 g/mol. The van der Waals surface area contributed by atoms with E-state index in [9.17, 15) is 9.41 Å². The van der Waals surface area contributed by atoms with Crippen LogP contribution >= 0.6 is 12.4 Å². The van der Waals surface area contributed by atoms with Gasteiger partial charge in [-0.25, -0.2) is 4.39 Å². The highest BCUT2D eigenvalue weighted by Crippen LogP contribution is 2.31. The number of fused-ring (bicyclic) bond motifs is 1. The molecule has 3 aromatic rings. The minimum atomic E-state index is -1.22. The van der Waals surface area contributed by atoms with Gasteiger partial charge >= 0.3 is 7.12 Å². The Morgan fingerprint density at radius 1 is 1.30 bits per heavy atom. The van der Waals surface area contributed by atoms with E-state index in [0.29, 0.717) is 23.2 Å². The van der Waals surface area contributed by atoms with Crippen molar-refractivity contribution >= 4 is 30.8 Å². The molecular formula is C21H20BClFN3O3. The van der Waals surface area contributed by atoms with E-state index >= 15 is 0 Å². The number of hydrogen-bond donors (Lipinski definition) is 3. The van der Waals surface area contributed by atoms with E-state index in [1.54, 1.807) is 36.7 Å². The quantitative estimate of drug-likeness (QED) is 0.330. The smallest absolute Gasteiger partial charge is 0.488 e. The summed E-state index contributed by atoms with van der Waals surface area (Å²) in [6, 6.07) is 13.3. The van der Waals surface area contributed by atoms with E-state index in [1.165, 1.54) is 12.1 Å². The maximum Gasteiger partial charge on any atom is 0.491 e. The van der Waals surface area contributed by atoms with Gasteiger partial charge in [-0.15, -0.1) is 12.4 Å². The Morgan fingerprint density at radius 2 is 2.13 bits per heavy atom. The number of pyridine rings is 1. The van der Waals surface area contributed by atoms with Crippen molar-refractivity contribution in [2.45, 2.75) is 19.1 Å². The van der Waals surface area contributed by atoms with Gasteiger partial charge in [0.15, 0.2) is 0 Å². The largest absolute Gasteiger partial charge is 0.491 e. The van der Waals surface area contributed by atoms with Crippen LogP contribution in [0.25, 0.3) is 0 Å². The number of nitrogens with two attached hydrogens (primary N) is 1. The summed E-state index contributed by atoms with van der Waals surface area (Å²) in [6.45, 7) is 0.272. The average Bonchev–Trinajstić information content (AvgIpc) is 2.73. The van der Waals surface area contributed by atoms with Crippen molar-refractivity contribution in [1.82, 2.24) is 4.98 Å². The van der Waals surface area contributed by atoms with Gasteiger partial charge in [-0.1, -0.05) is 18.2 Å². The number of nitrogens with one attached hydrogen (secondary N) is 1. The lowest BCUT2D eigenvalue weighted by atomic mass is 9.71. The second-order valence-corrected chi connectivity index (χ2v) is 6.84. The third kappa shape index (κ3) is 4.62. The number of aromatic nitrogens is 1. The lowest BCUT2D eigenvalue weighted by Gasteiger charge is -2.28. The van der Waals surface area contributed by atoms with E-state index in [-0.39, 0.29) is 24.8 Å². The predicted octanol–water partition coefficient (Wildman–Crippen LogP) is 2.51. The molecule has 1 atom stereocenters. The molecule has 2 aromatic carbocycles. The molecule has 0 aliphatic carbocycles. The highest BCUT2D eigenvalue weighted by atomic mass is 35.5. The molecule has 0 bridgehead atoms. The zero-order valence-corrected chi connectivity index (χ0v) is 16.7. The molecule has 0 saturated heterocycles. The van der Waals surface area contributed by atoms with Crippen LogP contribution < -0.4 is 15.9 Å². The molecule has 1 unspecified atom stereocenters. The Morgan fingerprint density at radius 3 is 2.87 bits per heavy atom. The van der Waals surface area contributed by atoms with Crippen LogP contribution in [0.1, 0.15) is 28.4 Å². The zero-order valence-electron chi connectivity index (χ0n) is 15.9. The van der Waals surface area contributed by atoms with Gasteiger partial charge in [-0.2, -0.15) is 0 Å². The number of hydrogen-bond acceptors (Lipinski definition) is 5.